The van der Waals surface area contributed by atoms with Crippen LogP contribution in [-0.4, -0.2) is 48.6 Å². The van der Waals surface area contributed by atoms with Crippen molar-refractivity contribution in [3.05, 3.63) is 35.1 Å². The van der Waals surface area contributed by atoms with Gasteiger partial charge in [0.15, 0.2) is 11.6 Å². The number of hydrogen-bond acceptors (Lipinski definition) is 4. The minimum absolute atomic E-state index is 0.00479. The third kappa shape index (κ3) is 7.68. The van der Waals surface area contributed by atoms with Crippen LogP contribution in [0.1, 0.15) is 72.3 Å². The molecule has 0 bridgehead atoms. The zero-order valence-electron chi connectivity index (χ0n) is 20.7. The lowest BCUT2D eigenvalue weighted by atomic mass is 9.95. The summed E-state index contributed by atoms with van der Waals surface area (Å²) in [6, 6.07) is 0.608. The van der Waals surface area contributed by atoms with Crippen molar-refractivity contribution in [3.8, 4) is 0 Å². The molecule has 1 amide bonds. The van der Waals surface area contributed by atoms with Gasteiger partial charge in [0, 0.05) is 24.7 Å². The van der Waals surface area contributed by atoms with Crippen molar-refractivity contribution in [1.29, 1.82) is 0 Å². The van der Waals surface area contributed by atoms with Crippen molar-refractivity contribution in [1.82, 2.24) is 9.62 Å². The fourth-order valence-corrected chi connectivity index (χ4v) is 5.82. The minimum atomic E-state index is -3.57. The predicted octanol–water partition coefficient (Wildman–Crippen LogP) is 3.88. The van der Waals surface area contributed by atoms with Crippen molar-refractivity contribution in [2.75, 3.05) is 6.54 Å². The van der Waals surface area contributed by atoms with Crippen LogP contribution in [0.4, 0.5) is 13.2 Å². The van der Waals surface area contributed by atoms with E-state index < -0.39 is 44.3 Å². The molecule has 1 aromatic rings. The van der Waals surface area contributed by atoms with E-state index in [9.17, 15) is 26.4 Å². The topological polar surface area (TPSA) is 92.5 Å². The first-order chi connectivity index (χ1) is 15.7. The highest BCUT2D eigenvalue weighted by atomic mass is 32.2. The molecule has 10 heteroatoms. The summed E-state index contributed by atoms with van der Waals surface area (Å²) in [4.78, 5) is 15.2. The summed E-state index contributed by atoms with van der Waals surface area (Å²) in [6.45, 7) is 9.49. The molecule has 2 atom stereocenters. The molecule has 1 aliphatic carbocycles. The van der Waals surface area contributed by atoms with Crippen molar-refractivity contribution < 1.29 is 26.4 Å². The maximum Gasteiger partial charge on any atom is 0.243 e. The lowest BCUT2D eigenvalue weighted by molar-refractivity contribution is -0.139. The van der Waals surface area contributed by atoms with Crippen LogP contribution in [0.15, 0.2) is 12.1 Å². The molecule has 1 unspecified atom stereocenters. The summed E-state index contributed by atoms with van der Waals surface area (Å²) in [5.74, 6) is -3.37. The first kappa shape index (κ1) is 28.6. The molecule has 3 N–H and O–H groups in total. The molecule has 1 saturated carbocycles. The SMILES string of the molecule is CCC(CC[C@H](N)Cc1cc(F)c(F)cc1F)N(CC(C)C)C(=O)C(C)(C)NS(=O)(=O)C1CC1. The van der Waals surface area contributed by atoms with E-state index in [1.165, 1.54) is 0 Å². The third-order valence-electron chi connectivity index (χ3n) is 6.07. The van der Waals surface area contributed by atoms with Crippen molar-refractivity contribution in [2.45, 2.75) is 96.0 Å². The monoisotopic (exact) mass is 505 g/mol. The first-order valence-corrected chi connectivity index (χ1v) is 13.4. The number of benzene rings is 1. The van der Waals surface area contributed by atoms with Crippen LogP contribution >= 0.6 is 0 Å². The average molecular weight is 506 g/mol. The summed E-state index contributed by atoms with van der Waals surface area (Å²) >= 11 is 0. The second-order valence-electron chi connectivity index (χ2n) is 10.3. The molecule has 34 heavy (non-hydrogen) atoms. The highest BCUT2D eigenvalue weighted by Gasteiger charge is 2.43. The van der Waals surface area contributed by atoms with Gasteiger partial charge in [0.05, 0.1) is 5.25 Å². The molecular formula is C24H38F3N3O3S. The van der Waals surface area contributed by atoms with Gasteiger partial charge in [0.1, 0.15) is 11.4 Å². The van der Waals surface area contributed by atoms with Gasteiger partial charge in [0.2, 0.25) is 15.9 Å². The van der Waals surface area contributed by atoms with Crippen LogP contribution in [0.3, 0.4) is 0 Å². The molecule has 1 aliphatic rings. The molecular weight excluding hydrogens is 467 g/mol. The summed E-state index contributed by atoms with van der Waals surface area (Å²) < 4.78 is 68.2. The number of carbonyl (C=O) groups is 1. The quantitative estimate of drug-likeness (QED) is 0.398. The fourth-order valence-electron chi connectivity index (χ4n) is 4.10. The number of carbonyl (C=O) groups excluding carboxylic acids is 1. The molecule has 1 aromatic carbocycles. The normalized spacial score (nSPS) is 16.5. The molecule has 6 nitrogen and oxygen atoms in total. The number of nitrogens with zero attached hydrogens (tertiary/aromatic N) is 1. The van der Waals surface area contributed by atoms with Crippen molar-refractivity contribution in [3.63, 3.8) is 0 Å². The molecule has 0 aromatic heterocycles. The van der Waals surface area contributed by atoms with Crippen LogP contribution in [0.2, 0.25) is 0 Å². The Balaban J connectivity index is 2.11. The molecule has 0 radical (unpaired) electrons. The minimum Gasteiger partial charge on any atom is -0.338 e. The number of sulfonamides is 1. The Hall–Kier alpha value is -1.65. The van der Waals surface area contributed by atoms with E-state index in [0.29, 0.717) is 44.7 Å². The van der Waals surface area contributed by atoms with E-state index in [-0.39, 0.29) is 29.9 Å². The second-order valence-corrected chi connectivity index (χ2v) is 12.2. The van der Waals surface area contributed by atoms with Crippen LogP contribution in [0.5, 0.6) is 0 Å². The number of rotatable bonds is 13. The van der Waals surface area contributed by atoms with Crippen LogP contribution in [-0.2, 0) is 21.2 Å². The van der Waals surface area contributed by atoms with E-state index in [1.807, 2.05) is 20.8 Å². The molecule has 0 saturated heterocycles. The molecule has 1 fully saturated rings. The Morgan fingerprint density at radius 2 is 1.74 bits per heavy atom. The lowest BCUT2D eigenvalue weighted by Crippen LogP contribution is -2.59. The standard InChI is InChI=1S/C24H38F3N3O3S/c1-6-18(8-7-17(28)11-16-12-21(26)22(27)13-20(16)25)30(14-15(2)3)23(31)24(4,5)29-34(32,33)19-9-10-19/h12-13,15,17-19,29H,6-11,14,28H2,1-5H3/t17-,18?/m0/s1. The van der Waals surface area contributed by atoms with Gasteiger partial charge in [-0.1, -0.05) is 20.8 Å². The van der Waals surface area contributed by atoms with Gasteiger partial charge in [-0.25, -0.2) is 21.6 Å². The van der Waals surface area contributed by atoms with Crippen LogP contribution < -0.4 is 10.5 Å². The first-order valence-electron chi connectivity index (χ1n) is 11.9. The van der Waals surface area contributed by atoms with Crippen LogP contribution in [0, 0.1) is 23.4 Å². The maximum atomic E-state index is 14.0. The Morgan fingerprint density at radius 1 is 1.15 bits per heavy atom. The van der Waals surface area contributed by atoms with Gasteiger partial charge in [0.25, 0.3) is 0 Å². The molecule has 0 spiro atoms. The van der Waals surface area contributed by atoms with Crippen molar-refractivity contribution >= 4 is 15.9 Å². The van der Waals surface area contributed by atoms with Crippen LogP contribution in [0.25, 0.3) is 0 Å². The van der Waals surface area contributed by atoms with E-state index in [1.54, 1.807) is 18.7 Å². The zero-order chi connectivity index (χ0) is 25.8. The van der Waals surface area contributed by atoms with E-state index in [0.717, 1.165) is 6.07 Å². The Morgan fingerprint density at radius 3 is 2.26 bits per heavy atom. The van der Waals surface area contributed by atoms with Gasteiger partial charge in [-0.2, -0.15) is 4.72 Å². The summed E-state index contributed by atoms with van der Waals surface area (Å²) in [7, 11) is -3.57. The molecule has 2 rings (SSSR count). The summed E-state index contributed by atoms with van der Waals surface area (Å²) in [5, 5.41) is -0.435. The number of hydrogen-bond donors (Lipinski definition) is 2. The van der Waals surface area contributed by atoms with Gasteiger partial charge in [-0.3, -0.25) is 4.79 Å². The lowest BCUT2D eigenvalue weighted by Gasteiger charge is -2.39. The number of amides is 1. The van der Waals surface area contributed by atoms with Gasteiger partial charge < -0.3 is 10.6 Å². The van der Waals surface area contributed by atoms with Gasteiger partial charge >= 0.3 is 0 Å². The number of nitrogens with one attached hydrogen (secondary N) is 1. The van der Waals surface area contributed by atoms with Gasteiger partial charge in [-0.15, -0.1) is 0 Å². The second kappa shape index (κ2) is 11.4. The highest BCUT2D eigenvalue weighted by Crippen LogP contribution is 2.29. The molecule has 194 valence electrons. The Kier molecular flexibility index (Phi) is 9.58. The largest absolute Gasteiger partial charge is 0.338 e. The van der Waals surface area contributed by atoms with E-state index in [4.69, 9.17) is 5.73 Å². The smallest absolute Gasteiger partial charge is 0.243 e. The molecule has 0 heterocycles. The number of halogens is 3. The Bertz CT molecular complexity index is 966. The average Bonchev–Trinajstić information content (AvgIpc) is 3.56. The third-order valence-corrected chi connectivity index (χ3v) is 8.22. The Labute approximate surface area is 201 Å². The van der Waals surface area contributed by atoms with E-state index >= 15 is 0 Å². The summed E-state index contributed by atoms with van der Waals surface area (Å²) in [5.41, 5.74) is 4.87. The highest BCUT2D eigenvalue weighted by molar-refractivity contribution is 7.90. The maximum absolute atomic E-state index is 14.0. The zero-order valence-corrected chi connectivity index (χ0v) is 21.5. The van der Waals surface area contributed by atoms with E-state index in [2.05, 4.69) is 4.72 Å². The van der Waals surface area contributed by atoms with Gasteiger partial charge in [-0.05, 0) is 69.9 Å². The number of nitrogens with two attached hydrogens (primary N) is 1. The predicted molar refractivity (Wildman–Crippen MR) is 127 cm³/mol. The van der Waals surface area contributed by atoms with Crippen molar-refractivity contribution in [2.24, 2.45) is 11.7 Å². The fraction of sp³-hybridized carbons (Fsp3) is 0.708. The summed E-state index contributed by atoms with van der Waals surface area (Å²) in [6.07, 6.45) is 2.78. The molecule has 0 aliphatic heterocycles.